The Morgan fingerprint density at radius 2 is 1.65 bits per heavy atom. The van der Waals surface area contributed by atoms with E-state index in [4.69, 9.17) is 5.73 Å². The molecule has 0 saturated heterocycles. The number of aliphatic hydroxyl groups is 1. The summed E-state index contributed by atoms with van der Waals surface area (Å²) < 4.78 is 39.5. The van der Waals surface area contributed by atoms with Gasteiger partial charge in [0.05, 0.1) is 0 Å². The summed E-state index contributed by atoms with van der Waals surface area (Å²) in [6, 6.07) is 4.73. The number of rotatable bonds is 16. The Kier molecular flexibility index (Phi) is 13.2. The zero-order valence-electron chi connectivity index (χ0n) is 22.9. The summed E-state index contributed by atoms with van der Waals surface area (Å²) >= 11 is 0. The fourth-order valence-corrected chi connectivity index (χ4v) is 3.80. The van der Waals surface area contributed by atoms with Gasteiger partial charge in [-0.2, -0.15) is 13.2 Å². The molecule has 0 aromatic heterocycles. The molecule has 11 nitrogen and oxygen atoms in total. The zero-order valence-corrected chi connectivity index (χ0v) is 22.9. The topological polar surface area (TPSA) is 180 Å². The average Bonchev–Trinajstić information content (AvgIpc) is 2.86. The first-order valence-corrected chi connectivity index (χ1v) is 12.6. The highest BCUT2D eigenvalue weighted by molar-refractivity contribution is 5.93. The van der Waals surface area contributed by atoms with Crippen LogP contribution < -0.4 is 27.0 Å². The molecule has 224 valence electrons. The van der Waals surface area contributed by atoms with E-state index >= 15 is 0 Å². The highest BCUT2D eigenvalue weighted by Crippen LogP contribution is 2.24. The molecule has 0 spiro atoms. The van der Waals surface area contributed by atoms with Crippen molar-refractivity contribution in [2.75, 3.05) is 6.54 Å². The fourth-order valence-electron chi connectivity index (χ4n) is 3.80. The molecular weight excluding hydrogens is 535 g/mol. The second-order valence-electron chi connectivity index (χ2n) is 10.2. The van der Waals surface area contributed by atoms with E-state index in [-0.39, 0.29) is 12.3 Å². The standard InChI is InChI=1S/C26H38F3N5O6/c1-15(2)21(32-16(3)36)24(40)33-19(12-17-8-6-5-7-9-17)23(39)34-25(4,14-35)13-31-18(10-11-20(30)37)22(38)26(27,28)29/h5-9,14-15,18-19,21-22,31,38H,10-13H2,1-4H3,(H2,30,37)(H,32,36)(H,33,40)(H,34,39). The first kappa shape index (κ1) is 34.5. The number of hydrogen-bond donors (Lipinski definition) is 6. The predicted molar refractivity (Wildman–Crippen MR) is 139 cm³/mol. The summed E-state index contributed by atoms with van der Waals surface area (Å²) in [4.78, 5) is 61.0. The number of aldehydes is 1. The van der Waals surface area contributed by atoms with Crippen molar-refractivity contribution in [1.29, 1.82) is 0 Å². The largest absolute Gasteiger partial charge is 0.415 e. The molecule has 1 aromatic rings. The van der Waals surface area contributed by atoms with E-state index in [0.29, 0.717) is 11.8 Å². The molecule has 1 aromatic carbocycles. The molecule has 1 rings (SSSR count). The number of carbonyl (C=O) groups is 5. The number of aliphatic hydroxyl groups excluding tert-OH is 1. The lowest BCUT2D eigenvalue weighted by molar-refractivity contribution is -0.213. The molecule has 0 aliphatic carbocycles. The molecular formula is C26H38F3N5O6. The number of primary amides is 1. The van der Waals surface area contributed by atoms with Gasteiger partial charge in [0.15, 0.2) is 6.10 Å². The maximum atomic E-state index is 13.3. The smallest absolute Gasteiger partial charge is 0.382 e. The predicted octanol–water partition coefficient (Wildman–Crippen LogP) is 0.0953. The van der Waals surface area contributed by atoms with Crippen molar-refractivity contribution in [2.45, 2.75) is 82.9 Å². The van der Waals surface area contributed by atoms with E-state index in [1.165, 1.54) is 13.8 Å². The third-order valence-electron chi connectivity index (χ3n) is 6.04. The number of halogens is 3. The number of alkyl halides is 3. The fraction of sp³-hybridized carbons (Fsp3) is 0.577. The molecule has 0 heterocycles. The van der Waals surface area contributed by atoms with Crippen molar-refractivity contribution in [3.8, 4) is 0 Å². The van der Waals surface area contributed by atoms with Gasteiger partial charge in [0.1, 0.15) is 23.9 Å². The number of hydrogen-bond acceptors (Lipinski definition) is 7. The number of carbonyl (C=O) groups excluding carboxylic acids is 5. The van der Waals surface area contributed by atoms with Crippen molar-refractivity contribution in [3.63, 3.8) is 0 Å². The monoisotopic (exact) mass is 573 g/mol. The van der Waals surface area contributed by atoms with Crippen molar-refractivity contribution < 1.29 is 42.3 Å². The molecule has 0 bridgehead atoms. The van der Waals surface area contributed by atoms with Crippen LogP contribution in [0.25, 0.3) is 0 Å². The van der Waals surface area contributed by atoms with Gasteiger partial charge in [-0.05, 0) is 24.8 Å². The Bertz CT molecular complexity index is 1020. The average molecular weight is 574 g/mol. The van der Waals surface area contributed by atoms with Crippen molar-refractivity contribution in [2.24, 2.45) is 11.7 Å². The molecule has 0 saturated carbocycles. The third-order valence-corrected chi connectivity index (χ3v) is 6.04. The number of benzene rings is 1. The first-order valence-electron chi connectivity index (χ1n) is 12.6. The van der Waals surface area contributed by atoms with Crippen LogP contribution in [0.1, 0.15) is 46.1 Å². The van der Waals surface area contributed by atoms with Crippen LogP contribution in [0.3, 0.4) is 0 Å². The SMILES string of the molecule is CC(=O)NC(C(=O)NC(Cc1ccccc1)C(=O)NC(C)(C=O)CNC(CCC(N)=O)C(O)C(F)(F)F)C(C)C. The van der Waals surface area contributed by atoms with E-state index in [1.54, 1.807) is 44.2 Å². The Morgan fingerprint density at radius 1 is 1.05 bits per heavy atom. The van der Waals surface area contributed by atoms with Crippen LogP contribution in [-0.2, 0) is 30.4 Å². The minimum Gasteiger partial charge on any atom is -0.382 e. The van der Waals surface area contributed by atoms with Gasteiger partial charge in [0.2, 0.25) is 23.6 Å². The lowest BCUT2D eigenvalue weighted by Gasteiger charge is -2.32. The number of amides is 4. The number of nitrogens with one attached hydrogen (secondary N) is 4. The lowest BCUT2D eigenvalue weighted by atomic mass is 9.98. The van der Waals surface area contributed by atoms with Gasteiger partial charge in [-0.3, -0.25) is 19.2 Å². The van der Waals surface area contributed by atoms with E-state index in [2.05, 4.69) is 21.3 Å². The van der Waals surface area contributed by atoms with Crippen LogP contribution >= 0.6 is 0 Å². The van der Waals surface area contributed by atoms with Crippen molar-refractivity contribution in [1.82, 2.24) is 21.3 Å². The number of nitrogens with two attached hydrogens (primary N) is 1. The van der Waals surface area contributed by atoms with Crippen molar-refractivity contribution in [3.05, 3.63) is 35.9 Å². The second kappa shape index (κ2) is 15.3. The van der Waals surface area contributed by atoms with Crippen LogP contribution in [-0.4, -0.2) is 77.5 Å². The molecule has 0 fully saturated rings. The second-order valence-corrected chi connectivity index (χ2v) is 10.2. The summed E-state index contributed by atoms with van der Waals surface area (Å²) in [5.74, 6) is -3.13. The third kappa shape index (κ3) is 11.7. The Hall–Kier alpha value is -3.52. The van der Waals surface area contributed by atoms with Gasteiger partial charge in [-0.25, -0.2) is 0 Å². The van der Waals surface area contributed by atoms with Crippen LogP contribution in [0.4, 0.5) is 13.2 Å². The van der Waals surface area contributed by atoms with Gasteiger partial charge in [-0.15, -0.1) is 0 Å². The van der Waals surface area contributed by atoms with Crippen LogP contribution in [0.5, 0.6) is 0 Å². The van der Waals surface area contributed by atoms with Gasteiger partial charge in [0, 0.05) is 32.4 Å². The lowest BCUT2D eigenvalue weighted by Crippen LogP contribution is -2.62. The molecule has 7 N–H and O–H groups in total. The molecule has 0 aliphatic heterocycles. The van der Waals surface area contributed by atoms with Gasteiger partial charge >= 0.3 is 6.18 Å². The summed E-state index contributed by atoms with van der Waals surface area (Å²) in [5, 5.41) is 19.7. The first-order chi connectivity index (χ1) is 18.5. The maximum Gasteiger partial charge on any atom is 0.415 e. The van der Waals surface area contributed by atoms with Crippen LogP contribution in [0, 0.1) is 5.92 Å². The van der Waals surface area contributed by atoms with Crippen molar-refractivity contribution >= 4 is 29.9 Å². The van der Waals surface area contributed by atoms with Gasteiger partial charge in [0.25, 0.3) is 0 Å². The zero-order chi connectivity index (χ0) is 30.7. The van der Waals surface area contributed by atoms with E-state index in [0.717, 1.165) is 0 Å². The Balaban J connectivity index is 3.16. The highest BCUT2D eigenvalue weighted by Gasteiger charge is 2.44. The maximum absolute atomic E-state index is 13.3. The molecule has 14 heteroatoms. The molecule has 0 aliphatic rings. The molecule has 0 radical (unpaired) electrons. The van der Waals surface area contributed by atoms with E-state index in [1.807, 2.05) is 0 Å². The van der Waals surface area contributed by atoms with E-state index in [9.17, 15) is 42.3 Å². The van der Waals surface area contributed by atoms with Gasteiger partial charge in [-0.1, -0.05) is 44.2 Å². The molecule has 40 heavy (non-hydrogen) atoms. The Labute approximate surface area is 230 Å². The highest BCUT2D eigenvalue weighted by atomic mass is 19.4. The minimum absolute atomic E-state index is 0.000307. The minimum atomic E-state index is -5.03. The summed E-state index contributed by atoms with van der Waals surface area (Å²) in [7, 11) is 0. The summed E-state index contributed by atoms with van der Waals surface area (Å²) in [6.45, 7) is 5.33. The summed E-state index contributed by atoms with van der Waals surface area (Å²) in [6.07, 6.45) is -8.54. The van der Waals surface area contributed by atoms with E-state index < -0.39 is 79.0 Å². The van der Waals surface area contributed by atoms with Crippen LogP contribution in [0.2, 0.25) is 0 Å². The Morgan fingerprint density at radius 3 is 2.12 bits per heavy atom. The van der Waals surface area contributed by atoms with Crippen LogP contribution in [0.15, 0.2) is 30.3 Å². The van der Waals surface area contributed by atoms with Gasteiger partial charge < -0.3 is 36.9 Å². The summed E-state index contributed by atoms with van der Waals surface area (Å²) in [5.41, 5.74) is 3.91. The normalized spacial score (nSPS) is 16.1. The molecule has 5 atom stereocenters. The molecule has 4 amide bonds. The quantitative estimate of drug-likeness (QED) is 0.152. The molecule has 5 unspecified atom stereocenters.